The molecular weight excluding hydrogens is 300 g/mol. The molecule has 2 aliphatic carbocycles. The van der Waals surface area contributed by atoms with E-state index in [1.54, 1.807) is 16.9 Å². The number of nitrogens with zero attached hydrogens (tertiary/aromatic N) is 4. The summed E-state index contributed by atoms with van der Waals surface area (Å²) in [7, 11) is 0. The molecule has 2 saturated carbocycles. The van der Waals surface area contributed by atoms with Crippen molar-refractivity contribution in [3.63, 3.8) is 0 Å². The van der Waals surface area contributed by atoms with Gasteiger partial charge < -0.3 is 5.32 Å². The van der Waals surface area contributed by atoms with Gasteiger partial charge in [0, 0.05) is 43.9 Å². The van der Waals surface area contributed by atoms with Crippen LogP contribution in [0, 0.1) is 18.3 Å². The van der Waals surface area contributed by atoms with Crippen LogP contribution in [0.15, 0.2) is 24.5 Å². The fourth-order valence-corrected chi connectivity index (χ4v) is 4.01. The molecule has 2 heterocycles. The molecule has 2 aromatic rings. The van der Waals surface area contributed by atoms with Crippen LogP contribution in [-0.4, -0.2) is 32.2 Å². The Morgan fingerprint density at radius 3 is 2.78 bits per heavy atom. The number of hydrogen-bond acceptors (Lipinski definition) is 4. The number of rotatable bonds is 4. The van der Waals surface area contributed by atoms with Crippen molar-refractivity contribution in [2.75, 3.05) is 11.9 Å². The van der Waals surface area contributed by atoms with Gasteiger partial charge in [-0.3, -0.25) is 0 Å². The van der Waals surface area contributed by atoms with Crippen molar-refractivity contribution in [2.24, 2.45) is 11.3 Å². The Morgan fingerprint density at radius 1 is 1.30 bits per heavy atom. The number of hydrogen-bond donors (Lipinski definition) is 1. The van der Waals surface area contributed by atoms with E-state index in [1.165, 1.54) is 0 Å². The molecule has 1 N–H and O–H groups in total. The van der Waals surface area contributed by atoms with Crippen LogP contribution in [0.2, 0.25) is 0 Å². The number of nitrogens with one attached hydrogen (secondary N) is 1. The molecule has 0 bridgehead atoms. The van der Waals surface area contributed by atoms with Crippen molar-refractivity contribution in [1.29, 1.82) is 0 Å². The Labute approximate surface area is 133 Å². The highest BCUT2D eigenvalue weighted by Crippen LogP contribution is 2.64. The van der Waals surface area contributed by atoms with Crippen molar-refractivity contribution < 1.29 is 8.78 Å². The molecule has 2 fully saturated rings. The summed E-state index contributed by atoms with van der Waals surface area (Å²) in [5, 5.41) is 7.74. The molecule has 0 radical (unpaired) electrons. The fraction of sp³-hybridized carbons (Fsp3) is 0.562. The van der Waals surface area contributed by atoms with Crippen LogP contribution in [0.4, 0.5) is 14.6 Å². The summed E-state index contributed by atoms with van der Waals surface area (Å²) in [4.78, 5) is 8.39. The highest BCUT2D eigenvalue weighted by molar-refractivity contribution is 5.35. The lowest BCUT2D eigenvalue weighted by Gasteiger charge is -2.57. The minimum Gasteiger partial charge on any atom is -0.368 e. The van der Waals surface area contributed by atoms with E-state index < -0.39 is 5.92 Å². The SMILES string of the molecule is Cc1nccc(-n2ccc(NCC3CC4(C3)CC(F)(F)C4)n2)n1. The summed E-state index contributed by atoms with van der Waals surface area (Å²) in [5.41, 5.74) is -0.0618. The average molecular weight is 319 g/mol. The molecule has 1 spiro atoms. The van der Waals surface area contributed by atoms with E-state index in [-0.39, 0.29) is 18.3 Å². The van der Waals surface area contributed by atoms with Crippen LogP contribution < -0.4 is 5.32 Å². The van der Waals surface area contributed by atoms with Crippen LogP contribution in [-0.2, 0) is 0 Å². The fourth-order valence-electron chi connectivity index (χ4n) is 4.01. The van der Waals surface area contributed by atoms with Gasteiger partial charge in [-0.25, -0.2) is 23.4 Å². The van der Waals surface area contributed by atoms with Crippen molar-refractivity contribution in [3.8, 4) is 5.82 Å². The summed E-state index contributed by atoms with van der Waals surface area (Å²) < 4.78 is 27.7. The highest BCUT2D eigenvalue weighted by Gasteiger charge is 2.61. The van der Waals surface area contributed by atoms with E-state index >= 15 is 0 Å². The maximum atomic E-state index is 13.0. The predicted molar refractivity (Wildman–Crippen MR) is 81.7 cm³/mol. The quantitative estimate of drug-likeness (QED) is 0.940. The molecule has 122 valence electrons. The van der Waals surface area contributed by atoms with E-state index in [0.29, 0.717) is 11.7 Å². The van der Waals surface area contributed by atoms with Gasteiger partial charge in [-0.15, -0.1) is 5.10 Å². The lowest BCUT2D eigenvalue weighted by atomic mass is 9.50. The minimum absolute atomic E-state index is 0.0618. The zero-order chi connectivity index (χ0) is 16.1. The third-order valence-corrected chi connectivity index (χ3v) is 4.87. The number of aryl methyl sites for hydroxylation is 1. The molecule has 0 unspecified atom stereocenters. The van der Waals surface area contributed by atoms with E-state index in [1.807, 2.05) is 19.2 Å². The zero-order valence-corrected chi connectivity index (χ0v) is 13.0. The first-order valence-electron chi connectivity index (χ1n) is 7.91. The molecule has 7 heteroatoms. The summed E-state index contributed by atoms with van der Waals surface area (Å²) in [5.74, 6) is 0.264. The predicted octanol–water partition coefficient (Wildman–Crippen LogP) is 3.21. The Hall–Kier alpha value is -2.05. The number of alkyl halides is 2. The number of aromatic nitrogens is 4. The van der Waals surface area contributed by atoms with Crippen molar-refractivity contribution >= 4 is 5.82 Å². The summed E-state index contributed by atoms with van der Waals surface area (Å²) in [6.07, 6.45) is 5.52. The molecule has 2 aromatic heterocycles. The molecule has 2 aliphatic rings. The van der Waals surface area contributed by atoms with Crippen LogP contribution in [0.1, 0.15) is 31.5 Å². The summed E-state index contributed by atoms with van der Waals surface area (Å²) >= 11 is 0. The molecule has 0 saturated heterocycles. The van der Waals surface area contributed by atoms with Gasteiger partial charge in [0.15, 0.2) is 5.82 Å². The molecule has 4 rings (SSSR count). The van der Waals surface area contributed by atoms with Crippen LogP contribution in [0.3, 0.4) is 0 Å². The molecule has 0 aliphatic heterocycles. The lowest BCUT2D eigenvalue weighted by Crippen LogP contribution is -2.54. The molecule has 5 nitrogen and oxygen atoms in total. The van der Waals surface area contributed by atoms with Gasteiger partial charge in [-0.1, -0.05) is 0 Å². The Bertz CT molecular complexity index is 711. The molecule has 23 heavy (non-hydrogen) atoms. The zero-order valence-electron chi connectivity index (χ0n) is 13.0. The summed E-state index contributed by atoms with van der Waals surface area (Å²) in [6.45, 7) is 2.62. The van der Waals surface area contributed by atoms with Crippen LogP contribution in [0.5, 0.6) is 0 Å². The first-order chi connectivity index (χ1) is 10.9. The topological polar surface area (TPSA) is 55.6 Å². The van der Waals surface area contributed by atoms with Gasteiger partial charge in [-0.2, -0.15) is 0 Å². The lowest BCUT2D eigenvalue weighted by molar-refractivity contribution is -0.204. The van der Waals surface area contributed by atoms with Crippen LogP contribution >= 0.6 is 0 Å². The van der Waals surface area contributed by atoms with Crippen LogP contribution in [0.25, 0.3) is 5.82 Å². The third kappa shape index (κ3) is 2.80. The first-order valence-corrected chi connectivity index (χ1v) is 7.91. The monoisotopic (exact) mass is 319 g/mol. The smallest absolute Gasteiger partial charge is 0.249 e. The van der Waals surface area contributed by atoms with Crippen molar-refractivity contribution in [1.82, 2.24) is 19.7 Å². The molecular formula is C16H19F2N5. The summed E-state index contributed by atoms with van der Waals surface area (Å²) in [6, 6.07) is 3.69. The van der Waals surface area contributed by atoms with Gasteiger partial charge in [0.2, 0.25) is 5.92 Å². The van der Waals surface area contributed by atoms with E-state index in [4.69, 9.17) is 0 Å². The number of halogens is 2. The molecule has 0 aromatic carbocycles. The maximum absolute atomic E-state index is 13.0. The second kappa shape index (κ2) is 4.97. The van der Waals surface area contributed by atoms with E-state index in [0.717, 1.165) is 31.0 Å². The second-order valence-electron chi connectivity index (χ2n) is 6.97. The van der Waals surface area contributed by atoms with Gasteiger partial charge in [0.05, 0.1) is 0 Å². The van der Waals surface area contributed by atoms with Gasteiger partial charge in [-0.05, 0) is 31.1 Å². The normalized spacial score (nSPS) is 21.7. The Morgan fingerprint density at radius 2 is 2.09 bits per heavy atom. The van der Waals surface area contributed by atoms with Crippen molar-refractivity contribution in [3.05, 3.63) is 30.4 Å². The largest absolute Gasteiger partial charge is 0.368 e. The number of anilines is 1. The van der Waals surface area contributed by atoms with E-state index in [2.05, 4.69) is 20.4 Å². The standard InChI is InChI=1S/C16H19F2N5/c1-11-19-4-2-14(21-11)23-5-3-13(22-23)20-8-12-6-15(7-12)9-16(17,18)10-15/h2-5,12H,6-10H2,1H3,(H,20,22). The highest BCUT2D eigenvalue weighted by atomic mass is 19.3. The first kappa shape index (κ1) is 14.5. The Kier molecular flexibility index (Phi) is 3.14. The minimum atomic E-state index is -2.41. The van der Waals surface area contributed by atoms with Gasteiger partial charge in [0.25, 0.3) is 0 Å². The Balaban J connectivity index is 1.30. The molecule has 0 atom stereocenters. The molecule has 0 amide bonds. The second-order valence-corrected chi connectivity index (χ2v) is 6.97. The average Bonchev–Trinajstić information content (AvgIpc) is 2.89. The van der Waals surface area contributed by atoms with Gasteiger partial charge >= 0.3 is 0 Å². The van der Waals surface area contributed by atoms with Gasteiger partial charge in [0.1, 0.15) is 11.6 Å². The van der Waals surface area contributed by atoms with Crippen molar-refractivity contribution in [2.45, 2.75) is 38.5 Å². The third-order valence-electron chi connectivity index (χ3n) is 4.87. The van der Waals surface area contributed by atoms with E-state index in [9.17, 15) is 8.78 Å². The maximum Gasteiger partial charge on any atom is 0.249 e.